The van der Waals surface area contributed by atoms with Crippen LogP contribution in [0.5, 0.6) is 0 Å². The van der Waals surface area contributed by atoms with Crippen molar-refractivity contribution in [1.29, 1.82) is 0 Å². The van der Waals surface area contributed by atoms with E-state index >= 15 is 0 Å². The monoisotopic (exact) mass is 1080 g/mol. The molecule has 1 atom stereocenters. The van der Waals surface area contributed by atoms with Crippen LogP contribution in [0.1, 0.15) is 323 Å². The number of rotatable bonds is 60. The van der Waals surface area contributed by atoms with E-state index in [1.54, 1.807) is 0 Å². The molecule has 0 spiro atoms. The number of allylic oxidation sites excluding steroid dienone is 16. The van der Waals surface area contributed by atoms with Crippen molar-refractivity contribution in [3.8, 4) is 0 Å². The van der Waals surface area contributed by atoms with Crippen LogP contribution in [0, 0.1) is 0 Å². The molecule has 0 rings (SSSR count). The largest absolute Gasteiger partial charge is 0.462 e. The maximum absolute atomic E-state index is 12.9. The maximum atomic E-state index is 12.9. The van der Waals surface area contributed by atoms with Crippen LogP contribution in [0.2, 0.25) is 0 Å². The van der Waals surface area contributed by atoms with E-state index in [9.17, 15) is 14.4 Å². The second kappa shape index (κ2) is 65.8. The average molecular weight is 1090 g/mol. The highest BCUT2D eigenvalue weighted by atomic mass is 16.6. The summed E-state index contributed by atoms with van der Waals surface area (Å²) in [6, 6.07) is 0. The van der Waals surface area contributed by atoms with Crippen LogP contribution < -0.4 is 0 Å². The summed E-state index contributed by atoms with van der Waals surface area (Å²) in [6.45, 7) is 6.53. The van der Waals surface area contributed by atoms with Gasteiger partial charge in [-0.1, -0.05) is 298 Å². The smallest absolute Gasteiger partial charge is 0.306 e. The third-order valence-corrected chi connectivity index (χ3v) is 14.3. The van der Waals surface area contributed by atoms with E-state index < -0.39 is 6.10 Å². The first kappa shape index (κ1) is 74.3. The van der Waals surface area contributed by atoms with Gasteiger partial charge in [0.05, 0.1) is 0 Å². The van der Waals surface area contributed by atoms with E-state index in [0.29, 0.717) is 19.3 Å². The Labute approximate surface area is 483 Å². The van der Waals surface area contributed by atoms with Gasteiger partial charge in [0.1, 0.15) is 13.2 Å². The van der Waals surface area contributed by atoms with Gasteiger partial charge >= 0.3 is 17.9 Å². The summed E-state index contributed by atoms with van der Waals surface area (Å²) in [7, 11) is 0. The topological polar surface area (TPSA) is 78.9 Å². The molecule has 0 fully saturated rings. The Bertz CT molecular complexity index is 1530. The van der Waals surface area contributed by atoms with E-state index in [0.717, 1.165) is 109 Å². The molecule has 0 aromatic heterocycles. The van der Waals surface area contributed by atoms with Crippen molar-refractivity contribution in [2.75, 3.05) is 13.2 Å². The minimum atomic E-state index is -0.779. The predicted octanol–water partition coefficient (Wildman–Crippen LogP) is 22.8. The van der Waals surface area contributed by atoms with Crippen molar-refractivity contribution in [2.45, 2.75) is 329 Å². The minimum absolute atomic E-state index is 0.0765. The van der Waals surface area contributed by atoms with Gasteiger partial charge in [-0.05, 0) is 103 Å². The Morgan fingerprint density at radius 3 is 0.795 bits per heavy atom. The molecule has 78 heavy (non-hydrogen) atoms. The fourth-order valence-electron chi connectivity index (χ4n) is 9.36. The zero-order valence-corrected chi connectivity index (χ0v) is 51.4. The van der Waals surface area contributed by atoms with Gasteiger partial charge in [0.2, 0.25) is 0 Å². The molecule has 0 aliphatic carbocycles. The van der Waals surface area contributed by atoms with Gasteiger partial charge in [-0.3, -0.25) is 14.4 Å². The summed E-state index contributed by atoms with van der Waals surface area (Å²) in [5, 5.41) is 0. The molecule has 0 aliphatic heterocycles. The van der Waals surface area contributed by atoms with Crippen molar-refractivity contribution in [3.63, 3.8) is 0 Å². The summed E-state index contributed by atoms with van der Waals surface area (Å²) in [5.41, 5.74) is 0. The molecule has 0 aromatic rings. The molecule has 0 N–H and O–H groups in total. The fourth-order valence-corrected chi connectivity index (χ4v) is 9.36. The lowest BCUT2D eigenvalue weighted by Gasteiger charge is -2.18. The summed E-state index contributed by atoms with van der Waals surface area (Å²) < 4.78 is 16.9. The Hall–Kier alpha value is -3.67. The summed E-state index contributed by atoms with van der Waals surface area (Å²) in [4.78, 5) is 38.3. The van der Waals surface area contributed by atoms with Gasteiger partial charge in [0, 0.05) is 19.3 Å². The predicted molar refractivity (Wildman–Crippen MR) is 339 cm³/mol. The molecular formula is C72H124O6. The number of hydrogen-bond donors (Lipinski definition) is 0. The van der Waals surface area contributed by atoms with Crippen LogP contribution in [0.4, 0.5) is 0 Å². The highest BCUT2D eigenvalue weighted by Crippen LogP contribution is 2.16. The number of esters is 3. The van der Waals surface area contributed by atoms with Crippen molar-refractivity contribution in [3.05, 3.63) is 97.2 Å². The molecule has 0 saturated carbocycles. The molecule has 6 heteroatoms. The van der Waals surface area contributed by atoms with Crippen LogP contribution in [0.25, 0.3) is 0 Å². The lowest BCUT2D eigenvalue weighted by Crippen LogP contribution is -2.30. The van der Waals surface area contributed by atoms with Crippen LogP contribution in [-0.4, -0.2) is 37.2 Å². The zero-order chi connectivity index (χ0) is 56.4. The SMILES string of the molecule is CC/C=C\C/C=C\C/C=C\C/C=C\C/C=C\C/C=C\C/C=C\CCCCCCCCCCCC(=O)OCC(COC(=O)CCCCCCCCCCCC)OC(=O)CCCCCCCCCCC/C=C\CCCCCCCC. The third kappa shape index (κ3) is 63.2. The molecule has 1 unspecified atom stereocenters. The van der Waals surface area contributed by atoms with Gasteiger partial charge in [-0.15, -0.1) is 0 Å². The van der Waals surface area contributed by atoms with Gasteiger partial charge in [0.25, 0.3) is 0 Å². The summed E-state index contributed by atoms with van der Waals surface area (Å²) in [5.74, 6) is -0.875. The Kier molecular flexibility index (Phi) is 62.7. The summed E-state index contributed by atoms with van der Waals surface area (Å²) >= 11 is 0. The molecule has 0 saturated heterocycles. The molecule has 6 nitrogen and oxygen atoms in total. The standard InChI is InChI=1S/C72H124O6/c1-4-7-10-13-16-19-22-24-26-28-30-31-32-33-34-35-36-37-38-39-40-41-43-44-46-48-50-53-56-59-62-65-71(74)77-68-69(67-76-70(73)64-61-58-55-52-21-18-15-12-9-6-3)78-72(75)66-63-60-57-54-51-49-47-45-42-29-27-25-23-20-17-14-11-8-5-2/h7,10,16,19,24-27,30-31,33-34,36-37,39-40,69H,4-6,8-9,11-15,17-18,20-23,28-29,32,35,38,41-68H2,1-3H3/b10-7-,19-16-,26-24-,27-25-,31-30-,34-33-,37-36-,40-39-. The first-order valence-corrected chi connectivity index (χ1v) is 33.2. The minimum Gasteiger partial charge on any atom is -0.462 e. The van der Waals surface area contributed by atoms with Crippen LogP contribution >= 0.6 is 0 Å². The van der Waals surface area contributed by atoms with E-state index in [-0.39, 0.29) is 31.1 Å². The van der Waals surface area contributed by atoms with Gasteiger partial charge in [-0.2, -0.15) is 0 Å². The van der Waals surface area contributed by atoms with Gasteiger partial charge < -0.3 is 14.2 Å². The van der Waals surface area contributed by atoms with Crippen molar-refractivity contribution in [2.24, 2.45) is 0 Å². The quantitative estimate of drug-likeness (QED) is 0.0261. The van der Waals surface area contributed by atoms with E-state index in [1.165, 1.54) is 173 Å². The lowest BCUT2D eigenvalue weighted by molar-refractivity contribution is -0.167. The zero-order valence-electron chi connectivity index (χ0n) is 51.4. The van der Waals surface area contributed by atoms with E-state index in [4.69, 9.17) is 14.2 Å². The highest BCUT2D eigenvalue weighted by Gasteiger charge is 2.19. The molecule has 0 heterocycles. The number of ether oxygens (including phenoxy) is 3. The Morgan fingerprint density at radius 1 is 0.269 bits per heavy atom. The number of carbonyl (C=O) groups is 3. The molecule has 0 aliphatic rings. The van der Waals surface area contributed by atoms with E-state index in [1.807, 2.05) is 0 Å². The third-order valence-electron chi connectivity index (χ3n) is 14.3. The molecule has 448 valence electrons. The first-order valence-electron chi connectivity index (χ1n) is 33.2. The highest BCUT2D eigenvalue weighted by molar-refractivity contribution is 5.71. The van der Waals surface area contributed by atoms with Crippen LogP contribution in [-0.2, 0) is 28.6 Å². The Morgan fingerprint density at radius 2 is 0.500 bits per heavy atom. The molecule has 0 radical (unpaired) electrons. The van der Waals surface area contributed by atoms with Gasteiger partial charge in [-0.25, -0.2) is 0 Å². The fraction of sp³-hybridized carbons (Fsp3) is 0.736. The number of unbranched alkanes of at least 4 members (excludes halogenated alkanes) is 33. The Balaban J connectivity index is 4.22. The molecule has 0 aromatic carbocycles. The second-order valence-corrected chi connectivity index (χ2v) is 22.0. The van der Waals surface area contributed by atoms with E-state index in [2.05, 4.69) is 118 Å². The second-order valence-electron chi connectivity index (χ2n) is 22.0. The average Bonchev–Trinajstić information content (AvgIpc) is 3.44. The summed E-state index contributed by atoms with van der Waals surface area (Å²) in [6.07, 6.45) is 88.5. The van der Waals surface area contributed by atoms with Crippen molar-refractivity contribution < 1.29 is 28.6 Å². The lowest BCUT2D eigenvalue weighted by atomic mass is 10.1. The molecular weight excluding hydrogens is 961 g/mol. The van der Waals surface area contributed by atoms with Crippen LogP contribution in [0.15, 0.2) is 97.2 Å². The first-order chi connectivity index (χ1) is 38.5. The maximum Gasteiger partial charge on any atom is 0.306 e. The number of hydrogen-bond acceptors (Lipinski definition) is 6. The van der Waals surface area contributed by atoms with Crippen molar-refractivity contribution in [1.82, 2.24) is 0 Å². The number of carbonyl (C=O) groups excluding carboxylic acids is 3. The van der Waals surface area contributed by atoms with Crippen LogP contribution in [0.3, 0.4) is 0 Å². The molecule has 0 bridgehead atoms. The molecule has 0 amide bonds. The van der Waals surface area contributed by atoms with Gasteiger partial charge in [0.15, 0.2) is 6.10 Å². The normalized spacial score (nSPS) is 12.7. The van der Waals surface area contributed by atoms with Crippen molar-refractivity contribution >= 4 is 17.9 Å².